The van der Waals surface area contributed by atoms with Gasteiger partial charge in [0.05, 0.1) is 48.5 Å². The molecule has 0 saturated carbocycles. The van der Waals surface area contributed by atoms with Gasteiger partial charge >= 0.3 is 6.09 Å². The smallest absolute Gasteiger partial charge is 0.409 e. The van der Waals surface area contributed by atoms with Crippen LogP contribution in [0.5, 0.6) is 0 Å². The van der Waals surface area contributed by atoms with E-state index in [1.165, 1.54) is 22.6 Å². The number of alkyl halides is 2. The van der Waals surface area contributed by atoms with Gasteiger partial charge in [-0.25, -0.2) is 18.1 Å². The van der Waals surface area contributed by atoms with E-state index in [9.17, 15) is 18.4 Å². The second-order valence-electron chi connectivity index (χ2n) is 8.66. The van der Waals surface area contributed by atoms with Gasteiger partial charge in [0.1, 0.15) is 0 Å². The molecule has 1 aromatic carbocycles. The molecular weight excluding hydrogens is 486 g/mol. The Balaban J connectivity index is 1.32. The summed E-state index contributed by atoms with van der Waals surface area (Å²) in [4.78, 5) is 27.8. The van der Waals surface area contributed by atoms with Crippen molar-refractivity contribution in [2.75, 3.05) is 37.4 Å². The van der Waals surface area contributed by atoms with Gasteiger partial charge in [-0.3, -0.25) is 4.79 Å². The van der Waals surface area contributed by atoms with Crippen molar-refractivity contribution in [1.82, 2.24) is 29.5 Å². The number of anilines is 2. The number of halogens is 2. The number of nitrogens with zero attached hydrogens (tertiary/aromatic N) is 6. The summed E-state index contributed by atoms with van der Waals surface area (Å²) in [5.41, 5.74) is 4.03. The van der Waals surface area contributed by atoms with Crippen LogP contribution in [-0.2, 0) is 4.74 Å². The molecule has 0 radical (unpaired) electrons. The van der Waals surface area contributed by atoms with E-state index in [1.807, 2.05) is 19.1 Å². The maximum Gasteiger partial charge on any atom is 0.409 e. The van der Waals surface area contributed by atoms with Gasteiger partial charge in [0, 0.05) is 36.6 Å². The van der Waals surface area contributed by atoms with E-state index < -0.39 is 18.9 Å². The quantitative estimate of drug-likeness (QED) is 0.392. The summed E-state index contributed by atoms with van der Waals surface area (Å²) in [6, 6.07) is 8.66. The van der Waals surface area contributed by atoms with Gasteiger partial charge in [0.25, 0.3) is 12.3 Å². The van der Waals surface area contributed by atoms with E-state index in [2.05, 4.69) is 25.9 Å². The van der Waals surface area contributed by atoms with Crippen molar-refractivity contribution >= 4 is 28.9 Å². The van der Waals surface area contributed by atoms with Crippen LogP contribution >= 0.6 is 0 Å². The second kappa shape index (κ2) is 9.84. The molecule has 0 bridgehead atoms. The number of likely N-dealkylation sites (tertiary alicyclic amines) is 1. The highest BCUT2D eigenvalue weighted by Crippen LogP contribution is 2.27. The van der Waals surface area contributed by atoms with Gasteiger partial charge < -0.3 is 20.3 Å². The number of pyridine rings is 1. The van der Waals surface area contributed by atoms with E-state index in [0.29, 0.717) is 41.2 Å². The molecule has 1 fully saturated rings. The van der Waals surface area contributed by atoms with Gasteiger partial charge in [-0.1, -0.05) is 6.07 Å². The second-order valence-corrected chi connectivity index (χ2v) is 8.66. The van der Waals surface area contributed by atoms with Crippen molar-refractivity contribution in [3.63, 3.8) is 0 Å². The fourth-order valence-corrected chi connectivity index (χ4v) is 4.05. The van der Waals surface area contributed by atoms with Crippen molar-refractivity contribution in [3.8, 4) is 5.69 Å². The van der Waals surface area contributed by atoms with Crippen molar-refractivity contribution < 1.29 is 23.1 Å². The van der Waals surface area contributed by atoms with Gasteiger partial charge in [0.15, 0.2) is 0 Å². The van der Waals surface area contributed by atoms with E-state index in [0.717, 1.165) is 11.3 Å². The average molecular weight is 511 g/mol. The Kier molecular flexibility index (Phi) is 6.42. The number of methoxy groups -OCH3 is 1. The number of carbonyl (C=O) groups is 2. The number of hydrogen-bond donors (Lipinski definition) is 2. The van der Waals surface area contributed by atoms with Crippen LogP contribution in [-0.4, -0.2) is 74.7 Å². The molecule has 1 aliphatic heterocycles. The first-order valence-corrected chi connectivity index (χ1v) is 11.5. The number of benzene rings is 1. The molecule has 0 atom stereocenters. The molecule has 11 nitrogen and oxygen atoms in total. The third kappa shape index (κ3) is 4.92. The van der Waals surface area contributed by atoms with Crippen molar-refractivity contribution in [2.24, 2.45) is 0 Å². The van der Waals surface area contributed by atoms with E-state index in [1.54, 1.807) is 35.5 Å². The number of ether oxygens (including phenoxy) is 1. The third-order valence-electron chi connectivity index (χ3n) is 6.17. The summed E-state index contributed by atoms with van der Waals surface area (Å²) in [5, 5.41) is 18.6. The maximum atomic E-state index is 13.1. The van der Waals surface area contributed by atoms with Crippen LogP contribution in [0, 0.1) is 6.92 Å². The fourth-order valence-electron chi connectivity index (χ4n) is 4.05. The van der Waals surface area contributed by atoms with E-state index in [-0.39, 0.29) is 12.0 Å². The number of aromatic nitrogens is 5. The molecule has 2 N–H and O–H groups in total. The topological polar surface area (TPSA) is 119 Å². The van der Waals surface area contributed by atoms with Crippen LogP contribution in [0.1, 0.15) is 27.5 Å². The average Bonchev–Trinajstić information content (AvgIpc) is 3.50. The van der Waals surface area contributed by atoms with Gasteiger partial charge in [-0.15, -0.1) is 0 Å². The number of aryl methyl sites for hydroxylation is 1. The Morgan fingerprint density at radius 2 is 1.97 bits per heavy atom. The minimum Gasteiger partial charge on any atom is -0.453 e. The Morgan fingerprint density at radius 1 is 1.16 bits per heavy atom. The minimum atomic E-state index is -2.50. The fraction of sp³-hybridized carbons (Fsp3) is 0.292. The number of rotatable bonds is 7. The van der Waals surface area contributed by atoms with Gasteiger partial charge in [-0.2, -0.15) is 20.1 Å². The molecule has 0 aliphatic carbocycles. The summed E-state index contributed by atoms with van der Waals surface area (Å²) in [5.74, 6) is -0.319. The zero-order chi connectivity index (χ0) is 26.1. The van der Waals surface area contributed by atoms with Gasteiger partial charge in [0.2, 0.25) is 0 Å². The summed E-state index contributed by atoms with van der Waals surface area (Å²) in [7, 11) is 1.35. The Bertz CT molecular complexity index is 1460. The first-order valence-electron chi connectivity index (χ1n) is 11.5. The third-order valence-corrected chi connectivity index (χ3v) is 6.17. The normalized spacial score (nSPS) is 13.6. The Labute approximate surface area is 210 Å². The molecule has 4 aromatic rings. The molecule has 13 heteroatoms. The predicted molar refractivity (Wildman–Crippen MR) is 130 cm³/mol. The molecular formula is C24H24F2N8O3. The summed E-state index contributed by atoms with van der Waals surface area (Å²) < 4.78 is 31.3. The van der Waals surface area contributed by atoms with Crippen LogP contribution in [0.25, 0.3) is 11.2 Å². The first-order chi connectivity index (χ1) is 17.8. The molecule has 1 aliphatic rings. The van der Waals surface area contributed by atoms with Crippen molar-refractivity contribution in [1.29, 1.82) is 0 Å². The van der Waals surface area contributed by atoms with Crippen molar-refractivity contribution in [2.45, 2.75) is 19.3 Å². The summed E-state index contributed by atoms with van der Waals surface area (Å²) >= 11 is 0. The van der Waals surface area contributed by atoms with Crippen LogP contribution in [0.4, 0.5) is 25.0 Å². The van der Waals surface area contributed by atoms with E-state index >= 15 is 0 Å². The summed E-state index contributed by atoms with van der Waals surface area (Å²) in [6.07, 6.45) is 1.82. The monoisotopic (exact) mass is 510 g/mol. The molecule has 3 aromatic heterocycles. The molecule has 37 heavy (non-hydrogen) atoms. The lowest BCUT2D eigenvalue weighted by molar-refractivity contribution is 0.0871. The van der Waals surface area contributed by atoms with Gasteiger partial charge in [-0.05, 0) is 36.8 Å². The molecule has 1 saturated heterocycles. The Hall–Kier alpha value is -4.55. The lowest BCUT2D eigenvalue weighted by Gasteiger charge is -2.36. The highest BCUT2D eigenvalue weighted by molar-refractivity contribution is 6.09. The molecule has 192 valence electrons. The largest absolute Gasteiger partial charge is 0.453 e. The molecule has 2 amide bonds. The molecule has 4 heterocycles. The highest BCUT2D eigenvalue weighted by atomic mass is 19.3. The zero-order valence-electron chi connectivity index (χ0n) is 20.1. The summed E-state index contributed by atoms with van der Waals surface area (Å²) in [6.45, 7) is 2.39. The lowest BCUT2D eigenvalue weighted by atomic mass is 9.98. The SMILES string of the molecule is COC(=O)N1CC(c2cnn(-c3ccc(C)c(NC(=O)c4cnn5ccc(NCC(F)F)cc45)c3)n2)C1. The zero-order valence-corrected chi connectivity index (χ0v) is 20.1. The Morgan fingerprint density at radius 3 is 2.73 bits per heavy atom. The van der Waals surface area contributed by atoms with Crippen LogP contribution < -0.4 is 10.6 Å². The van der Waals surface area contributed by atoms with E-state index in [4.69, 9.17) is 4.74 Å². The maximum absolute atomic E-state index is 13.1. The van der Waals surface area contributed by atoms with Crippen LogP contribution in [0.3, 0.4) is 0 Å². The standard InChI is InChI=1S/C24H24F2N8O3/c1-14-3-4-17(34-29-10-20(31-34)15-12-32(13-15)24(36)37-2)8-19(14)30-23(35)18-9-28-33-6-5-16(7-21(18)33)27-11-22(25)26/h3-10,15,22,27H,11-13H2,1-2H3,(H,30,35). The number of amides is 2. The highest BCUT2D eigenvalue weighted by Gasteiger charge is 2.34. The molecule has 0 unspecified atom stereocenters. The first kappa shape index (κ1) is 24.2. The lowest BCUT2D eigenvalue weighted by Crippen LogP contribution is -2.48. The minimum absolute atomic E-state index is 0.0770. The number of hydrogen-bond acceptors (Lipinski definition) is 7. The van der Waals surface area contributed by atoms with Crippen LogP contribution in [0.15, 0.2) is 48.9 Å². The molecule has 5 rings (SSSR count). The number of fused-ring (bicyclic) bond motifs is 1. The predicted octanol–water partition coefficient (Wildman–Crippen LogP) is 3.32. The number of nitrogens with one attached hydrogen (secondary N) is 2. The van der Waals surface area contributed by atoms with Crippen molar-refractivity contribution in [3.05, 3.63) is 65.7 Å². The molecule has 0 spiro atoms. The van der Waals surface area contributed by atoms with Crippen LogP contribution in [0.2, 0.25) is 0 Å². The number of carbonyl (C=O) groups excluding carboxylic acids is 2.